The third-order valence-corrected chi connectivity index (χ3v) is 3.47. The average molecular weight is 306 g/mol. The molecule has 0 aliphatic carbocycles. The molecule has 1 amide bonds. The van der Waals surface area contributed by atoms with Crippen LogP contribution in [0.2, 0.25) is 0 Å². The van der Waals surface area contributed by atoms with Crippen molar-refractivity contribution in [1.29, 1.82) is 0 Å². The molecule has 0 saturated carbocycles. The van der Waals surface area contributed by atoms with Crippen LogP contribution in [0, 0.1) is 0 Å². The van der Waals surface area contributed by atoms with Crippen LogP contribution >= 0.6 is 0 Å². The van der Waals surface area contributed by atoms with Gasteiger partial charge >= 0.3 is 5.97 Å². The van der Waals surface area contributed by atoms with Gasteiger partial charge in [-0.1, -0.05) is 39.7 Å². The van der Waals surface area contributed by atoms with E-state index in [0.29, 0.717) is 18.7 Å². The van der Waals surface area contributed by atoms with E-state index in [1.807, 2.05) is 6.07 Å². The lowest BCUT2D eigenvalue weighted by molar-refractivity contribution is -0.137. The molecule has 1 heterocycles. The monoisotopic (exact) mass is 306 g/mol. The van der Waals surface area contributed by atoms with Crippen molar-refractivity contribution in [2.75, 3.05) is 6.54 Å². The van der Waals surface area contributed by atoms with Gasteiger partial charge < -0.3 is 10.4 Å². The molecule has 0 bridgehead atoms. The van der Waals surface area contributed by atoms with Gasteiger partial charge in [0.1, 0.15) is 5.69 Å². The fraction of sp³-hybridized carbons (Fsp3) is 0.588. The van der Waals surface area contributed by atoms with E-state index in [9.17, 15) is 9.59 Å². The van der Waals surface area contributed by atoms with E-state index in [4.69, 9.17) is 5.11 Å². The number of rotatable bonds is 8. The van der Waals surface area contributed by atoms with Crippen LogP contribution in [0.3, 0.4) is 0 Å². The average Bonchev–Trinajstić information content (AvgIpc) is 2.45. The van der Waals surface area contributed by atoms with Crippen LogP contribution in [0.5, 0.6) is 0 Å². The zero-order valence-corrected chi connectivity index (χ0v) is 13.7. The number of carboxylic acid groups (broad SMARTS) is 1. The van der Waals surface area contributed by atoms with Crippen LogP contribution < -0.4 is 5.32 Å². The Bertz CT molecular complexity index is 490. The number of hydrogen-bond acceptors (Lipinski definition) is 3. The first-order valence-electron chi connectivity index (χ1n) is 7.77. The van der Waals surface area contributed by atoms with Crippen LogP contribution in [0.1, 0.15) is 68.9 Å². The predicted octanol–water partition coefficient (Wildman–Crippen LogP) is 3.14. The van der Waals surface area contributed by atoms with Gasteiger partial charge in [-0.3, -0.25) is 14.6 Å². The number of carbonyl (C=O) groups is 2. The summed E-state index contributed by atoms with van der Waals surface area (Å²) >= 11 is 0. The van der Waals surface area contributed by atoms with Crippen LogP contribution in [0.15, 0.2) is 18.3 Å². The highest BCUT2D eigenvalue weighted by Gasteiger charge is 2.15. The first-order valence-corrected chi connectivity index (χ1v) is 7.77. The molecule has 0 unspecified atom stereocenters. The molecule has 22 heavy (non-hydrogen) atoms. The molecule has 0 aliphatic heterocycles. The molecule has 1 aromatic heterocycles. The topological polar surface area (TPSA) is 79.3 Å². The number of nitrogens with one attached hydrogen (secondary N) is 1. The Morgan fingerprint density at radius 1 is 1.14 bits per heavy atom. The summed E-state index contributed by atoms with van der Waals surface area (Å²) in [5.74, 6) is -0.913. The molecule has 0 fully saturated rings. The third-order valence-electron chi connectivity index (χ3n) is 3.47. The largest absolute Gasteiger partial charge is 0.481 e. The number of carbonyl (C=O) groups excluding carboxylic acids is 1. The molecule has 0 radical (unpaired) electrons. The molecule has 5 nitrogen and oxygen atoms in total. The maximum Gasteiger partial charge on any atom is 0.303 e. The van der Waals surface area contributed by atoms with Gasteiger partial charge in [0.15, 0.2) is 0 Å². The Morgan fingerprint density at radius 2 is 1.82 bits per heavy atom. The summed E-state index contributed by atoms with van der Waals surface area (Å²) in [6.07, 6.45) is 5.31. The Hall–Kier alpha value is -1.91. The lowest BCUT2D eigenvalue weighted by atomic mass is 9.88. The molecule has 0 aliphatic rings. The van der Waals surface area contributed by atoms with Gasteiger partial charge in [0.25, 0.3) is 5.91 Å². The van der Waals surface area contributed by atoms with Crippen molar-refractivity contribution in [3.8, 4) is 0 Å². The second-order valence-corrected chi connectivity index (χ2v) is 6.50. The zero-order chi connectivity index (χ0) is 16.6. The van der Waals surface area contributed by atoms with Crippen molar-refractivity contribution in [3.05, 3.63) is 29.6 Å². The number of amides is 1. The minimum Gasteiger partial charge on any atom is -0.481 e. The lowest BCUT2D eigenvalue weighted by Crippen LogP contribution is -2.25. The smallest absolute Gasteiger partial charge is 0.303 e. The number of nitrogens with zero attached hydrogens (tertiary/aromatic N) is 1. The summed E-state index contributed by atoms with van der Waals surface area (Å²) in [5, 5.41) is 11.4. The van der Waals surface area contributed by atoms with Crippen molar-refractivity contribution in [3.63, 3.8) is 0 Å². The first kappa shape index (κ1) is 18.1. The number of unbranched alkanes of at least 4 members (excludes halogenated alkanes) is 3. The van der Waals surface area contributed by atoms with E-state index in [1.54, 1.807) is 12.3 Å². The van der Waals surface area contributed by atoms with Gasteiger partial charge in [0.2, 0.25) is 0 Å². The molecule has 1 aromatic rings. The quantitative estimate of drug-likeness (QED) is 0.723. The summed E-state index contributed by atoms with van der Waals surface area (Å²) < 4.78 is 0. The van der Waals surface area contributed by atoms with Crippen molar-refractivity contribution in [2.24, 2.45) is 0 Å². The second-order valence-electron chi connectivity index (χ2n) is 6.50. The third kappa shape index (κ3) is 6.70. The van der Waals surface area contributed by atoms with Crippen LogP contribution in [-0.2, 0) is 10.2 Å². The minimum atomic E-state index is -0.752. The maximum atomic E-state index is 11.9. The molecule has 2 N–H and O–H groups in total. The molecule has 0 saturated heterocycles. The SMILES string of the molecule is CC(C)(C)c1ccc(C(=O)NCCCCCCC(=O)O)nc1. The van der Waals surface area contributed by atoms with Crippen molar-refractivity contribution < 1.29 is 14.7 Å². The highest BCUT2D eigenvalue weighted by atomic mass is 16.4. The first-order chi connectivity index (χ1) is 10.3. The Labute approximate surface area is 132 Å². The summed E-state index contributed by atoms with van der Waals surface area (Å²) in [7, 11) is 0. The van der Waals surface area contributed by atoms with Gasteiger partial charge in [-0.25, -0.2) is 0 Å². The fourth-order valence-electron chi connectivity index (χ4n) is 2.02. The Kier molecular flexibility index (Phi) is 7.02. The van der Waals surface area contributed by atoms with E-state index in [-0.39, 0.29) is 17.7 Å². The van der Waals surface area contributed by atoms with Crippen molar-refractivity contribution in [2.45, 2.75) is 58.3 Å². The molecule has 1 rings (SSSR count). The normalized spacial score (nSPS) is 11.2. The molecule has 0 spiro atoms. The lowest BCUT2D eigenvalue weighted by Gasteiger charge is -2.18. The van der Waals surface area contributed by atoms with Crippen molar-refractivity contribution >= 4 is 11.9 Å². The van der Waals surface area contributed by atoms with Gasteiger partial charge in [-0.05, 0) is 29.9 Å². The summed E-state index contributed by atoms with van der Waals surface area (Å²) in [6, 6.07) is 3.69. The second kappa shape index (κ2) is 8.51. The maximum absolute atomic E-state index is 11.9. The molecular weight excluding hydrogens is 280 g/mol. The number of carboxylic acids is 1. The highest BCUT2D eigenvalue weighted by molar-refractivity contribution is 5.92. The van der Waals surface area contributed by atoms with Gasteiger partial charge in [-0.2, -0.15) is 0 Å². The number of aliphatic carboxylic acids is 1. The van der Waals surface area contributed by atoms with E-state index in [0.717, 1.165) is 24.8 Å². The highest BCUT2D eigenvalue weighted by Crippen LogP contribution is 2.20. The summed E-state index contributed by atoms with van der Waals surface area (Å²) in [6.45, 7) is 6.91. The van der Waals surface area contributed by atoms with Gasteiger partial charge in [-0.15, -0.1) is 0 Å². The van der Waals surface area contributed by atoms with E-state index >= 15 is 0 Å². The van der Waals surface area contributed by atoms with Crippen LogP contribution in [0.4, 0.5) is 0 Å². The summed E-state index contributed by atoms with van der Waals surface area (Å²) in [5.41, 5.74) is 1.55. The standard InChI is InChI=1S/C17H26N2O3/c1-17(2,3)13-9-10-14(19-12-13)16(22)18-11-7-5-4-6-8-15(20)21/h9-10,12H,4-8,11H2,1-3H3,(H,18,22)(H,20,21). The van der Waals surface area contributed by atoms with E-state index in [2.05, 4.69) is 31.1 Å². The zero-order valence-electron chi connectivity index (χ0n) is 13.7. The Morgan fingerprint density at radius 3 is 2.36 bits per heavy atom. The fourth-order valence-corrected chi connectivity index (χ4v) is 2.02. The molecule has 0 aromatic carbocycles. The number of aromatic nitrogens is 1. The predicted molar refractivity (Wildman–Crippen MR) is 86.0 cm³/mol. The van der Waals surface area contributed by atoms with Gasteiger partial charge in [0.05, 0.1) is 0 Å². The Balaban J connectivity index is 2.27. The van der Waals surface area contributed by atoms with E-state index in [1.165, 1.54) is 0 Å². The minimum absolute atomic E-state index is 0.0258. The molecule has 122 valence electrons. The number of pyridine rings is 1. The molecular formula is C17H26N2O3. The molecule has 0 atom stereocenters. The van der Waals surface area contributed by atoms with Crippen LogP contribution in [0.25, 0.3) is 0 Å². The summed E-state index contributed by atoms with van der Waals surface area (Å²) in [4.78, 5) is 26.5. The molecule has 5 heteroatoms. The van der Waals surface area contributed by atoms with Crippen molar-refractivity contribution in [1.82, 2.24) is 10.3 Å². The number of hydrogen-bond donors (Lipinski definition) is 2. The van der Waals surface area contributed by atoms with Gasteiger partial charge in [0, 0.05) is 19.2 Å². The van der Waals surface area contributed by atoms with Crippen LogP contribution in [-0.4, -0.2) is 28.5 Å². The van der Waals surface area contributed by atoms with E-state index < -0.39 is 5.97 Å².